The maximum Gasteiger partial charge on any atom is 0.272 e. The van der Waals surface area contributed by atoms with E-state index in [9.17, 15) is 9.59 Å². The van der Waals surface area contributed by atoms with Gasteiger partial charge in [-0.2, -0.15) is 0 Å². The van der Waals surface area contributed by atoms with E-state index in [-0.39, 0.29) is 23.3 Å². The van der Waals surface area contributed by atoms with Crippen molar-refractivity contribution in [1.29, 1.82) is 0 Å². The molecule has 5 rings (SSSR count). The van der Waals surface area contributed by atoms with Gasteiger partial charge in [-0.15, -0.1) is 21.5 Å². The summed E-state index contributed by atoms with van der Waals surface area (Å²) in [5.74, 6) is 0.540. The Morgan fingerprint density at radius 3 is 2.90 bits per heavy atom. The van der Waals surface area contributed by atoms with E-state index in [0.717, 1.165) is 36.2 Å². The van der Waals surface area contributed by atoms with Crippen LogP contribution in [0.25, 0.3) is 16.0 Å². The van der Waals surface area contributed by atoms with E-state index in [1.165, 1.54) is 23.1 Å². The summed E-state index contributed by atoms with van der Waals surface area (Å²) < 4.78 is 9.90. The first-order valence-corrected chi connectivity index (χ1v) is 11.9. The molecule has 0 aliphatic carbocycles. The second-order valence-electron chi connectivity index (χ2n) is 7.51. The third kappa shape index (κ3) is 3.98. The minimum Gasteiger partial charge on any atom is -0.376 e. The van der Waals surface area contributed by atoms with Crippen LogP contribution in [-0.4, -0.2) is 43.5 Å². The number of ether oxygens (including phenoxy) is 1. The molecule has 0 radical (unpaired) electrons. The second kappa shape index (κ2) is 8.45. The SMILES string of the molecule is Cc1ccc(NC(=O)CSc2nnc3n(C[C@H]4CCCO4)c(=O)c4sccc4n23)cc1. The van der Waals surface area contributed by atoms with E-state index in [1.54, 1.807) is 4.57 Å². The number of anilines is 1. The third-order valence-corrected chi connectivity index (χ3v) is 7.08. The van der Waals surface area contributed by atoms with Crippen LogP contribution < -0.4 is 10.9 Å². The number of hydrogen-bond acceptors (Lipinski definition) is 7. The van der Waals surface area contributed by atoms with Gasteiger partial charge in [0.05, 0.1) is 23.9 Å². The highest BCUT2D eigenvalue weighted by Crippen LogP contribution is 2.25. The number of nitrogens with one attached hydrogen (secondary N) is 1. The molecular formula is C21H21N5O3S2. The fourth-order valence-corrected chi connectivity index (χ4v) is 5.28. The lowest BCUT2D eigenvalue weighted by molar-refractivity contribution is -0.113. The molecule has 4 aromatic rings. The molecule has 0 bridgehead atoms. The highest BCUT2D eigenvalue weighted by Gasteiger charge is 2.22. The Bertz CT molecular complexity index is 1300. The van der Waals surface area contributed by atoms with Gasteiger partial charge in [0.25, 0.3) is 5.56 Å². The minimum atomic E-state index is -0.125. The molecular weight excluding hydrogens is 434 g/mol. The maximum absolute atomic E-state index is 13.1. The number of rotatable bonds is 6. The molecule has 10 heteroatoms. The van der Waals surface area contributed by atoms with Crippen molar-refractivity contribution in [2.24, 2.45) is 0 Å². The number of carbonyl (C=O) groups is 1. The molecule has 0 unspecified atom stereocenters. The fraction of sp³-hybridized carbons (Fsp3) is 0.333. The molecule has 0 saturated carbocycles. The number of benzene rings is 1. The zero-order valence-electron chi connectivity index (χ0n) is 16.9. The van der Waals surface area contributed by atoms with Gasteiger partial charge in [-0.05, 0) is 43.3 Å². The van der Waals surface area contributed by atoms with Gasteiger partial charge >= 0.3 is 0 Å². The first-order chi connectivity index (χ1) is 15.1. The number of amides is 1. The van der Waals surface area contributed by atoms with Crippen LogP contribution in [-0.2, 0) is 16.1 Å². The number of carbonyl (C=O) groups excluding carboxylic acids is 1. The van der Waals surface area contributed by atoms with Crippen LogP contribution in [0.1, 0.15) is 18.4 Å². The number of fused-ring (bicyclic) bond motifs is 3. The summed E-state index contributed by atoms with van der Waals surface area (Å²) >= 11 is 2.70. The Hall–Kier alpha value is -2.69. The molecule has 8 nitrogen and oxygen atoms in total. The minimum absolute atomic E-state index is 0.00648. The first kappa shape index (κ1) is 20.2. The number of nitrogens with zero attached hydrogens (tertiary/aromatic N) is 4. The lowest BCUT2D eigenvalue weighted by Gasteiger charge is -2.13. The third-order valence-electron chi connectivity index (χ3n) is 5.26. The molecule has 1 aromatic carbocycles. The summed E-state index contributed by atoms with van der Waals surface area (Å²) in [4.78, 5) is 25.5. The predicted octanol–water partition coefficient (Wildman–Crippen LogP) is 3.32. The van der Waals surface area contributed by atoms with Gasteiger partial charge in [0.2, 0.25) is 11.7 Å². The van der Waals surface area contributed by atoms with Crippen LogP contribution in [0.3, 0.4) is 0 Å². The maximum atomic E-state index is 13.1. The zero-order valence-corrected chi connectivity index (χ0v) is 18.5. The molecule has 1 fully saturated rings. The Balaban J connectivity index is 1.43. The van der Waals surface area contributed by atoms with E-state index in [4.69, 9.17) is 4.74 Å². The van der Waals surface area contributed by atoms with Gasteiger partial charge < -0.3 is 10.1 Å². The summed E-state index contributed by atoms with van der Waals surface area (Å²) in [5, 5.41) is 14.0. The number of thioether (sulfide) groups is 1. The average molecular weight is 456 g/mol. The summed E-state index contributed by atoms with van der Waals surface area (Å²) in [5.41, 5.74) is 2.58. The van der Waals surface area contributed by atoms with E-state index in [2.05, 4.69) is 15.5 Å². The van der Waals surface area contributed by atoms with E-state index >= 15 is 0 Å². The quantitative estimate of drug-likeness (QED) is 0.449. The highest BCUT2D eigenvalue weighted by atomic mass is 32.2. The molecule has 0 spiro atoms. The van der Waals surface area contributed by atoms with Gasteiger partial charge in [0, 0.05) is 12.3 Å². The van der Waals surface area contributed by atoms with Crippen LogP contribution in [0.15, 0.2) is 45.7 Å². The fourth-order valence-electron chi connectivity index (χ4n) is 3.71. The van der Waals surface area contributed by atoms with Gasteiger partial charge in [0.1, 0.15) is 4.70 Å². The van der Waals surface area contributed by atoms with Crippen molar-refractivity contribution in [3.63, 3.8) is 0 Å². The molecule has 3 aromatic heterocycles. The van der Waals surface area contributed by atoms with Crippen molar-refractivity contribution in [3.05, 3.63) is 51.6 Å². The molecule has 1 aliphatic heterocycles. The Labute approximate surface area is 186 Å². The van der Waals surface area contributed by atoms with Crippen molar-refractivity contribution in [3.8, 4) is 0 Å². The lowest BCUT2D eigenvalue weighted by Crippen LogP contribution is -2.28. The molecule has 1 N–H and O–H groups in total. The van der Waals surface area contributed by atoms with Crippen molar-refractivity contribution in [2.75, 3.05) is 17.7 Å². The van der Waals surface area contributed by atoms with Gasteiger partial charge in [-0.25, -0.2) is 0 Å². The van der Waals surface area contributed by atoms with E-state index in [1.807, 2.05) is 47.0 Å². The predicted molar refractivity (Wildman–Crippen MR) is 122 cm³/mol. The van der Waals surface area contributed by atoms with E-state index < -0.39 is 0 Å². The van der Waals surface area contributed by atoms with Crippen molar-refractivity contribution < 1.29 is 9.53 Å². The molecule has 4 heterocycles. The molecule has 1 amide bonds. The monoisotopic (exact) mass is 455 g/mol. The van der Waals surface area contributed by atoms with Crippen LogP contribution in [0, 0.1) is 6.92 Å². The summed E-state index contributed by atoms with van der Waals surface area (Å²) in [7, 11) is 0. The van der Waals surface area contributed by atoms with Crippen LogP contribution in [0.5, 0.6) is 0 Å². The van der Waals surface area contributed by atoms with Crippen molar-refractivity contribution in [1.82, 2.24) is 19.2 Å². The van der Waals surface area contributed by atoms with Crippen LogP contribution >= 0.6 is 23.1 Å². The number of thiophene rings is 1. The molecule has 31 heavy (non-hydrogen) atoms. The highest BCUT2D eigenvalue weighted by molar-refractivity contribution is 7.99. The molecule has 1 saturated heterocycles. The van der Waals surface area contributed by atoms with Crippen LogP contribution in [0.4, 0.5) is 5.69 Å². The summed E-state index contributed by atoms with van der Waals surface area (Å²) in [6.07, 6.45) is 1.93. The van der Waals surface area contributed by atoms with Crippen molar-refractivity contribution in [2.45, 2.75) is 37.6 Å². The normalized spacial score (nSPS) is 16.4. The number of aryl methyl sites for hydroxylation is 1. The molecule has 1 aliphatic rings. The van der Waals surface area contributed by atoms with Gasteiger partial charge in [-0.3, -0.25) is 18.6 Å². The largest absolute Gasteiger partial charge is 0.376 e. The van der Waals surface area contributed by atoms with E-state index in [0.29, 0.717) is 22.2 Å². The zero-order chi connectivity index (χ0) is 21.4. The molecule has 1 atom stereocenters. The lowest BCUT2D eigenvalue weighted by atomic mass is 10.2. The van der Waals surface area contributed by atoms with Gasteiger partial charge in [0.15, 0.2) is 5.16 Å². The van der Waals surface area contributed by atoms with Gasteiger partial charge in [-0.1, -0.05) is 29.5 Å². The average Bonchev–Trinajstić information content (AvgIpc) is 3.51. The first-order valence-electron chi connectivity index (χ1n) is 10.1. The summed E-state index contributed by atoms with van der Waals surface area (Å²) in [6, 6.07) is 9.56. The number of aromatic nitrogens is 4. The standard InChI is InChI=1S/C21H21N5O3S2/c1-13-4-6-14(7-5-13)22-17(27)12-31-21-24-23-20-25(11-15-3-2-9-29-15)19(28)18-16(26(20)21)8-10-30-18/h4-8,10,15H,2-3,9,11-12H2,1H3,(H,22,27)/t15-/m1/s1. The Morgan fingerprint density at radius 2 is 2.13 bits per heavy atom. The topological polar surface area (TPSA) is 90.5 Å². The smallest absolute Gasteiger partial charge is 0.272 e. The summed E-state index contributed by atoms with van der Waals surface area (Å²) in [6.45, 7) is 3.18. The second-order valence-corrected chi connectivity index (χ2v) is 9.37. The molecule has 160 valence electrons. The van der Waals surface area contributed by atoms with Crippen molar-refractivity contribution >= 4 is 50.7 Å². The number of hydrogen-bond donors (Lipinski definition) is 1. The Morgan fingerprint density at radius 1 is 1.29 bits per heavy atom. The Kier molecular flexibility index (Phi) is 5.51. The van der Waals surface area contributed by atoms with Crippen LogP contribution in [0.2, 0.25) is 0 Å².